The molecule has 0 aliphatic heterocycles. The summed E-state index contributed by atoms with van der Waals surface area (Å²) >= 11 is 0. The summed E-state index contributed by atoms with van der Waals surface area (Å²) < 4.78 is 81.7. The Hall–Kier alpha value is -3.02. The van der Waals surface area contributed by atoms with Crippen LogP contribution in [0.1, 0.15) is 6.92 Å². The predicted molar refractivity (Wildman–Crippen MR) is 167 cm³/mol. The molecule has 0 fully saturated rings. The second-order valence-corrected chi connectivity index (χ2v) is 13.9. The Bertz CT molecular complexity index is 1210. The molecule has 4 rings (SSSR count). The molecule has 45 heavy (non-hydrogen) atoms. The van der Waals surface area contributed by atoms with Crippen LogP contribution in [-0.2, 0) is 31.0 Å². The molecule has 1 radical (unpaired) electrons. The largest absolute Gasteiger partial charge is 0 e. The van der Waals surface area contributed by atoms with Crippen LogP contribution < -0.4 is 21.2 Å². The molecule has 14 heteroatoms. The molecule has 0 saturated carbocycles. The van der Waals surface area contributed by atoms with Crippen LogP contribution in [0.3, 0.4) is 0 Å². The Morgan fingerprint density at radius 1 is 0.489 bits per heavy atom. The van der Waals surface area contributed by atoms with Crippen LogP contribution >= 0.6 is 23.7 Å². The van der Waals surface area contributed by atoms with Gasteiger partial charge in [-0.25, -0.2) is 0 Å². The van der Waals surface area contributed by atoms with Gasteiger partial charge in [-0.1, -0.05) is 121 Å². The molecule has 0 aliphatic carbocycles. The third-order valence-electron chi connectivity index (χ3n) is 4.57. The van der Waals surface area contributed by atoms with Crippen LogP contribution in [0.25, 0.3) is 0 Å². The van der Waals surface area contributed by atoms with Gasteiger partial charge in [0.25, 0.3) is 0 Å². The molecular formula is C31H29F6MnNO3P3-. The van der Waals surface area contributed by atoms with E-state index in [9.17, 15) is 25.2 Å². The molecule has 0 bridgehead atoms. The quantitative estimate of drug-likeness (QED) is 0.0679. The molecule has 0 saturated heterocycles. The van der Waals surface area contributed by atoms with Gasteiger partial charge in [0, 0.05) is 24.0 Å². The average molecular weight is 725 g/mol. The fraction of sp³-hybridized carbons (Fsp3) is 0.0968. The van der Waals surface area contributed by atoms with Crippen LogP contribution in [-0.4, -0.2) is 13.3 Å². The first-order valence-electron chi connectivity index (χ1n) is 11.8. The maximum atomic E-state index is 9.87. The van der Waals surface area contributed by atoms with Crippen molar-refractivity contribution in [3.8, 4) is 6.07 Å². The third kappa shape index (κ3) is 30.8. The fourth-order valence-corrected chi connectivity index (χ4v) is 5.98. The number of nitrogens with zero attached hydrogens (tertiary/aromatic N) is 1. The topological polar surface area (TPSA) is 83.5 Å². The SMILES string of the molecule is CC#N.CP(c1ccccc1)c1ccccc1.CP(c1ccccc1)c1ccccc1.F[P-](F)(F)(F)(F)F.[C-]#[O+].[C-]#[O+].[C-]#[O+].[Mn]. The Balaban J connectivity index is -0.000000255. The van der Waals surface area contributed by atoms with Crippen molar-refractivity contribution < 1.29 is 56.2 Å². The van der Waals surface area contributed by atoms with Crippen LogP contribution in [0, 0.1) is 31.3 Å². The number of benzene rings is 4. The molecule has 0 heterocycles. The fourth-order valence-electron chi connectivity index (χ4n) is 2.90. The maximum Gasteiger partial charge on any atom is 0 e. The second-order valence-electron chi connectivity index (χ2n) is 7.64. The van der Waals surface area contributed by atoms with E-state index in [1.807, 2.05) is 0 Å². The van der Waals surface area contributed by atoms with Gasteiger partial charge in [0.05, 0.1) is 6.07 Å². The van der Waals surface area contributed by atoms with E-state index in [2.05, 4.69) is 155 Å². The third-order valence-corrected chi connectivity index (χ3v) is 8.86. The van der Waals surface area contributed by atoms with E-state index in [-0.39, 0.29) is 32.9 Å². The molecular weight excluding hydrogens is 696 g/mol. The molecule has 4 nitrogen and oxygen atoms in total. The minimum atomic E-state index is -10.7. The van der Waals surface area contributed by atoms with Gasteiger partial charge < -0.3 is 0 Å². The van der Waals surface area contributed by atoms with Crippen molar-refractivity contribution in [1.82, 2.24) is 0 Å². The van der Waals surface area contributed by atoms with Crippen molar-refractivity contribution in [3.63, 3.8) is 0 Å². The van der Waals surface area contributed by atoms with E-state index in [0.717, 1.165) is 0 Å². The van der Waals surface area contributed by atoms with E-state index in [0.29, 0.717) is 0 Å². The Morgan fingerprint density at radius 2 is 0.600 bits per heavy atom. The summed E-state index contributed by atoms with van der Waals surface area (Å²) in [5, 5.41) is 13.1. The second kappa shape index (κ2) is 25.2. The number of rotatable bonds is 4. The Morgan fingerprint density at radius 3 is 0.711 bits per heavy atom. The van der Waals surface area contributed by atoms with E-state index in [1.165, 1.54) is 28.1 Å². The van der Waals surface area contributed by atoms with Crippen molar-refractivity contribution in [2.45, 2.75) is 6.92 Å². The molecule has 0 spiro atoms. The van der Waals surface area contributed by atoms with Gasteiger partial charge in [-0.15, -0.1) is 0 Å². The summed E-state index contributed by atoms with van der Waals surface area (Å²) in [7, 11) is -11.0. The average Bonchev–Trinajstić information content (AvgIpc) is 3.04. The molecule has 4 aromatic carbocycles. The molecule has 0 amide bonds. The minimum Gasteiger partial charge on any atom is 0 e. The number of hydrogen-bond acceptors (Lipinski definition) is 1. The summed E-state index contributed by atoms with van der Waals surface area (Å²) in [6, 6.07) is 44.5. The molecule has 0 aromatic heterocycles. The first kappa shape index (κ1) is 48.9. The molecule has 4 aromatic rings. The monoisotopic (exact) mass is 725 g/mol. The van der Waals surface area contributed by atoms with E-state index < -0.39 is 7.81 Å². The normalized spacial score (nSPS) is 10.4. The van der Waals surface area contributed by atoms with Crippen molar-refractivity contribution in [2.24, 2.45) is 0 Å². The minimum absolute atomic E-state index is 0. The van der Waals surface area contributed by atoms with Crippen LogP contribution in [0.4, 0.5) is 25.2 Å². The molecule has 0 atom stereocenters. The van der Waals surface area contributed by atoms with Gasteiger partial charge in [-0.2, -0.15) is 5.26 Å². The van der Waals surface area contributed by atoms with Gasteiger partial charge in [0.1, 0.15) is 0 Å². The first-order valence-corrected chi connectivity index (χ1v) is 17.4. The van der Waals surface area contributed by atoms with Crippen molar-refractivity contribution in [1.29, 1.82) is 5.26 Å². The summed E-state index contributed by atoms with van der Waals surface area (Å²) in [4.78, 5) is 0. The van der Waals surface area contributed by atoms with E-state index in [1.54, 1.807) is 6.07 Å². The van der Waals surface area contributed by atoms with Gasteiger partial charge >= 0.3 is 66.9 Å². The Labute approximate surface area is 273 Å². The van der Waals surface area contributed by atoms with Gasteiger partial charge in [0.2, 0.25) is 0 Å². The van der Waals surface area contributed by atoms with Gasteiger partial charge in [-0.05, 0) is 50.4 Å². The van der Waals surface area contributed by atoms with Crippen LogP contribution in [0.2, 0.25) is 0 Å². The first-order chi connectivity index (χ1) is 20.6. The number of hydrogen-bond donors (Lipinski definition) is 0. The van der Waals surface area contributed by atoms with Gasteiger partial charge in [-0.3, -0.25) is 0 Å². The molecule has 241 valence electrons. The summed E-state index contributed by atoms with van der Waals surface area (Å²) in [6.07, 6.45) is 0. The summed E-state index contributed by atoms with van der Waals surface area (Å²) in [6.45, 7) is 19.5. The molecule has 0 aliphatic rings. The maximum absolute atomic E-state index is 10.7. The van der Waals surface area contributed by atoms with Crippen LogP contribution in [0.15, 0.2) is 121 Å². The Kier molecular flexibility index (Phi) is 27.4. The summed E-state index contributed by atoms with van der Waals surface area (Å²) in [5.74, 6) is 0. The molecule has 0 unspecified atom stereocenters. The zero-order chi connectivity index (χ0) is 34.7. The zero-order valence-electron chi connectivity index (χ0n) is 24.2. The van der Waals surface area contributed by atoms with Gasteiger partial charge in [0.15, 0.2) is 0 Å². The molecule has 0 N–H and O–H groups in total. The number of halogens is 6. The predicted octanol–water partition coefficient (Wildman–Crippen LogP) is 9.30. The summed E-state index contributed by atoms with van der Waals surface area (Å²) in [5.41, 5.74) is 0. The van der Waals surface area contributed by atoms with E-state index >= 15 is 0 Å². The van der Waals surface area contributed by atoms with Crippen LogP contribution in [0.5, 0.6) is 0 Å². The number of nitriles is 1. The smallest absolute Gasteiger partial charge is 0 e. The zero-order valence-corrected chi connectivity index (χ0v) is 28.1. The standard InChI is InChI=1S/2C13H13P.C2H3N.3CO.F6P.Mn/c2*1-14(12-8-4-2-5-9-12)13-10-6-3-7-11-13;1-2-3;3*1-2;1-7(2,3,4,5)6;/h2*2-11H,1H3;1H3;;;;;/q;;;;;;-1;. The van der Waals surface area contributed by atoms with Crippen molar-refractivity contribution in [3.05, 3.63) is 141 Å². The van der Waals surface area contributed by atoms with E-state index in [4.69, 9.17) is 19.2 Å². The van der Waals surface area contributed by atoms with Crippen molar-refractivity contribution in [2.75, 3.05) is 13.3 Å². The van der Waals surface area contributed by atoms with Crippen molar-refractivity contribution >= 4 is 44.9 Å².